The number of primary amides is 1. The van der Waals surface area contributed by atoms with Gasteiger partial charge in [-0.3, -0.25) is 4.79 Å². The number of hydrogen-bond donors (Lipinski definition) is 1. The molecule has 2 N–H and O–H groups in total. The van der Waals surface area contributed by atoms with Crippen LogP contribution in [0, 0.1) is 19.9 Å². The molecule has 1 radical (unpaired) electrons. The first-order chi connectivity index (χ1) is 16.0. The normalized spacial score (nSPS) is 11.2. The van der Waals surface area contributed by atoms with Gasteiger partial charge in [-0.2, -0.15) is 0 Å². The van der Waals surface area contributed by atoms with Crippen molar-refractivity contribution >= 4 is 27.7 Å². The van der Waals surface area contributed by atoms with Crippen LogP contribution < -0.4 is 10.5 Å². The molecule has 1 heterocycles. The van der Waals surface area contributed by atoms with Gasteiger partial charge in [0.2, 0.25) is 5.91 Å². The Morgan fingerprint density at radius 1 is 0.970 bits per heavy atom. The maximum absolute atomic E-state index is 12.3. The molecule has 0 atom stereocenters. The van der Waals surface area contributed by atoms with Gasteiger partial charge in [-0.15, -0.1) is 0 Å². The Hall–Kier alpha value is -4.05. The Bertz CT molecular complexity index is 1510. The zero-order valence-corrected chi connectivity index (χ0v) is 19.0. The SMILES string of the molecule is COc1ccc(-c2c[c]c3c4c(C(N)=O)cccc4n(Cc4cc(C)ccc4C)c3c2)cc1. The summed E-state index contributed by atoms with van der Waals surface area (Å²) in [5.74, 6) is 0.387. The molecule has 1 amide bonds. The molecule has 0 spiro atoms. The van der Waals surface area contributed by atoms with E-state index < -0.39 is 5.91 Å². The summed E-state index contributed by atoms with van der Waals surface area (Å²) < 4.78 is 7.57. The second-order valence-electron chi connectivity index (χ2n) is 8.46. The van der Waals surface area contributed by atoms with E-state index in [0.717, 1.165) is 38.7 Å². The fourth-order valence-corrected chi connectivity index (χ4v) is 4.52. The number of methoxy groups -OCH3 is 1. The number of amides is 1. The van der Waals surface area contributed by atoms with Crippen molar-refractivity contribution in [3.05, 3.63) is 101 Å². The molecule has 0 bridgehead atoms. The van der Waals surface area contributed by atoms with Gasteiger partial charge in [0.1, 0.15) is 5.75 Å². The van der Waals surface area contributed by atoms with Gasteiger partial charge in [-0.05, 0) is 78.6 Å². The molecule has 0 saturated carbocycles. The lowest BCUT2D eigenvalue weighted by molar-refractivity contribution is 0.100. The van der Waals surface area contributed by atoms with E-state index in [1.807, 2.05) is 42.5 Å². The zero-order valence-electron chi connectivity index (χ0n) is 19.0. The molecular formula is C29H25N2O2. The number of fused-ring (bicyclic) bond motifs is 3. The summed E-state index contributed by atoms with van der Waals surface area (Å²) in [5.41, 5.74) is 14.1. The highest BCUT2D eigenvalue weighted by atomic mass is 16.5. The van der Waals surface area contributed by atoms with E-state index in [0.29, 0.717) is 12.1 Å². The third kappa shape index (κ3) is 3.64. The van der Waals surface area contributed by atoms with E-state index in [1.165, 1.54) is 16.7 Å². The second-order valence-corrected chi connectivity index (χ2v) is 8.46. The average molecular weight is 434 g/mol. The van der Waals surface area contributed by atoms with Crippen molar-refractivity contribution in [1.29, 1.82) is 0 Å². The molecule has 5 aromatic rings. The molecule has 4 heteroatoms. The predicted octanol–water partition coefficient (Wildman–Crippen LogP) is 6.03. The van der Waals surface area contributed by atoms with Crippen LogP contribution in [0.3, 0.4) is 0 Å². The van der Waals surface area contributed by atoms with Gasteiger partial charge >= 0.3 is 0 Å². The Morgan fingerprint density at radius 3 is 2.48 bits per heavy atom. The second kappa shape index (κ2) is 8.14. The van der Waals surface area contributed by atoms with Gasteiger partial charge in [0.15, 0.2) is 0 Å². The summed E-state index contributed by atoms with van der Waals surface area (Å²) >= 11 is 0. The number of nitrogens with zero attached hydrogens (tertiary/aromatic N) is 1. The molecular weight excluding hydrogens is 408 g/mol. The Morgan fingerprint density at radius 2 is 1.76 bits per heavy atom. The monoisotopic (exact) mass is 433 g/mol. The number of rotatable bonds is 5. The summed E-state index contributed by atoms with van der Waals surface area (Å²) in [5, 5.41) is 1.76. The van der Waals surface area contributed by atoms with Crippen molar-refractivity contribution in [3.63, 3.8) is 0 Å². The first-order valence-electron chi connectivity index (χ1n) is 10.9. The van der Waals surface area contributed by atoms with Crippen molar-refractivity contribution in [1.82, 2.24) is 4.57 Å². The van der Waals surface area contributed by atoms with Gasteiger partial charge < -0.3 is 15.0 Å². The molecule has 0 aliphatic heterocycles. The number of carbonyl (C=O) groups is 1. The van der Waals surface area contributed by atoms with Crippen molar-refractivity contribution in [2.45, 2.75) is 20.4 Å². The fourth-order valence-electron chi connectivity index (χ4n) is 4.52. The summed E-state index contributed by atoms with van der Waals surface area (Å²) in [4.78, 5) is 12.3. The maximum atomic E-state index is 12.3. The van der Waals surface area contributed by atoms with Crippen LogP contribution in [0.5, 0.6) is 5.75 Å². The van der Waals surface area contributed by atoms with Crippen LogP contribution in [0.1, 0.15) is 27.0 Å². The van der Waals surface area contributed by atoms with E-state index in [1.54, 1.807) is 13.2 Å². The summed E-state index contributed by atoms with van der Waals surface area (Å²) in [6, 6.07) is 27.8. The summed E-state index contributed by atoms with van der Waals surface area (Å²) in [7, 11) is 1.66. The van der Waals surface area contributed by atoms with Crippen LogP contribution in [0.4, 0.5) is 0 Å². The van der Waals surface area contributed by atoms with E-state index >= 15 is 0 Å². The van der Waals surface area contributed by atoms with Crippen molar-refractivity contribution in [2.75, 3.05) is 7.11 Å². The highest BCUT2D eigenvalue weighted by molar-refractivity contribution is 6.18. The Balaban J connectivity index is 1.78. The van der Waals surface area contributed by atoms with E-state index in [9.17, 15) is 4.79 Å². The number of aromatic nitrogens is 1. The lowest BCUT2D eigenvalue weighted by Gasteiger charge is -2.12. The Kier molecular flexibility index (Phi) is 5.14. The average Bonchev–Trinajstić information content (AvgIpc) is 3.14. The molecule has 4 nitrogen and oxygen atoms in total. The molecule has 163 valence electrons. The minimum atomic E-state index is -0.431. The van der Waals surface area contributed by atoms with E-state index in [-0.39, 0.29) is 0 Å². The minimum Gasteiger partial charge on any atom is -0.497 e. The highest BCUT2D eigenvalue weighted by Gasteiger charge is 2.18. The quantitative estimate of drug-likeness (QED) is 0.368. The third-order valence-corrected chi connectivity index (χ3v) is 6.32. The summed E-state index contributed by atoms with van der Waals surface area (Å²) in [6.45, 7) is 4.93. The number of hydrogen-bond acceptors (Lipinski definition) is 2. The molecule has 0 saturated heterocycles. The molecule has 0 unspecified atom stereocenters. The smallest absolute Gasteiger partial charge is 0.249 e. The molecule has 5 rings (SSSR count). The number of aryl methyl sites for hydroxylation is 2. The van der Waals surface area contributed by atoms with Crippen LogP contribution in [-0.2, 0) is 6.54 Å². The van der Waals surface area contributed by atoms with Crippen LogP contribution in [0.15, 0.2) is 72.8 Å². The molecule has 0 fully saturated rings. The molecule has 1 aromatic heterocycles. The largest absolute Gasteiger partial charge is 0.497 e. The van der Waals surface area contributed by atoms with Crippen molar-refractivity contribution in [2.24, 2.45) is 5.73 Å². The first kappa shape index (κ1) is 20.8. The van der Waals surface area contributed by atoms with Gasteiger partial charge in [0.25, 0.3) is 0 Å². The van der Waals surface area contributed by atoms with Gasteiger partial charge in [0, 0.05) is 22.9 Å². The molecule has 0 aliphatic rings. The molecule has 33 heavy (non-hydrogen) atoms. The van der Waals surface area contributed by atoms with Gasteiger partial charge in [-0.25, -0.2) is 0 Å². The van der Waals surface area contributed by atoms with Crippen LogP contribution in [-0.4, -0.2) is 17.6 Å². The lowest BCUT2D eigenvalue weighted by Crippen LogP contribution is -2.11. The van der Waals surface area contributed by atoms with Crippen LogP contribution >= 0.6 is 0 Å². The van der Waals surface area contributed by atoms with Gasteiger partial charge in [0.05, 0.1) is 18.1 Å². The Labute approximate surface area is 193 Å². The standard InChI is InChI=1S/C29H25N2O2/c1-18-7-8-19(2)22(15-18)17-31-26-6-4-5-25(29(30)32)28(26)24-14-11-21(16-27(24)31)20-9-12-23(33-3)13-10-20/h4-13,15-16H,17H2,1-3H3,(H2,30,32). The first-order valence-corrected chi connectivity index (χ1v) is 10.9. The van der Waals surface area contributed by atoms with Crippen LogP contribution in [0.2, 0.25) is 0 Å². The minimum absolute atomic E-state index is 0.431. The van der Waals surface area contributed by atoms with Gasteiger partial charge in [-0.1, -0.05) is 42.0 Å². The molecule has 4 aromatic carbocycles. The number of ether oxygens (including phenoxy) is 1. The van der Waals surface area contributed by atoms with Crippen molar-refractivity contribution < 1.29 is 9.53 Å². The molecule has 0 aliphatic carbocycles. The van der Waals surface area contributed by atoms with Crippen LogP contribution in [0.25, 0.3) is 32.9 Å². The lowest BCUT2D eigenvalue weighted by atomic mass is 10.0. The fraction of sp³-hybridized carbons (Fsp3) is 0.138. The number of benzene rings is 4. The zero-order chi connectivity index (χ0) is 23.1. The highest BCUT2D eigenvalue weighted by Crippen LogP contribution is 2.35. The summed E-state index contributed by atoms with van der Waals surface area (Å²) in [6.07, 6.45) is 0. The third-order valence-electron chi connectivity index (χ3n) is 6.32. The number of nitrogens with two attached hydrogens (primary N) is 1. The maximum Gasteiger partial charge on any atom is 0.249 e. The van der Waals surface area contributed by atoms with E-state index in [4.69, 9.17) is 10.5 Å². The number of carbonyl (C=O) groups excluding carboxylic acids is 1. The van der Waals surface area contributed by atoms with Crippen molar-refractivity contribution in [3.8, 4) is 16.9 Å². The topological polar surface area (TPSA) is 57.2 Å². The van der Waals surface area contributed by atoms with E-state index in [2.05, 4.69) is 48.7 Å². The predicted molar refractivity (Wildman–Crippen MR) is 134 cm³/mol.